The van der Waals surface area contributed by atoms with E-state index in [9.17, 15) is 9.59 Å². The van der Waals surface area contributed by atoms with Crippen molar-refractivity contribution in [3.8, 4) is 0 Å². The van der Waals surface area contributed by atoms with Crippen LogP contribution in [0.15, 0.2) is 54.6 Å². The fraction of sp³-hybridized carbons (Fsp3) is 0.484. The lowest BCUT2D eigenvalue weighted by Crippen LogP contribution is -2.49. The maximum atomic E-state index is 13.2. The predicted octanol–water partition coefficient (Wildman–Crippen LogP) is 4.77. The van der Waals surface area contributed by atoms with Crippen LogP contribution in [0.1, 0.15) is 61.7 Å². The molecular weight excluding hydrogens is 488 g/mol. The number of benzene rings is 2. The monoisotopic (exact) mass is 528 g/mol. The molecule has 1 aromatic heterocycles. The first kappa shape index (κ1) is 26.9. The van der Waals surface area contributed by atoms with E-state index in [-0.39, 0.29) is 23.8 Å². The lowest BCUT2D eigenvalue weighted by molar-refractivity contribution is -0.126. The average molecular weight is 529 g/mol. The molecule has 8 heteroatoms. The molecule has 2 unspecified atom stereocenters. The van der Waals surface area contributed by atoms with Gasteiger partial charge in [0.05, 0.1) is 11.4 Å². The predicted molar refractivity (Wildman–Crippen MR) is 156 cm³/mol. The van der Waals surface area contributed by atoms with Crippen LogP contribution in [0.5, 0.6) is 0 Å². The lowest BCUT2D eigenvalue weighted by Gasteiger charge is -2.33. The van der Waals surface area contributed by atoms with Crippen LogP contribution in [0.2, 0.25) is 0 Å². The Morgan fingerprint density at radius 2 is 1.59 bits per heavy atom. The molecule has 0 bridgehead atoms. The fourth-order valence-electron chi connectivity index (χ4n) is 5.99. The van der Waals surface area contributed by atoms with Crippen molar-refractivity contribution in [2.45, 2.75) is 63.5 Å². The molecule has 2 amide bonds. The summed E-state index contributed by atoms with van der Waals surface area (Å²) in [6.07, 6.45) is 7.87. The van der Waals surface area contributed by atoms with Gasteiger partial charge in [0.15, 0.2) is 0 Å². The summed E-state index contributed by atoms with van der Waals surface area (Å²) in [7, 11) is 4.01. The second-order valence-electron chi connectivity index (χ2n) is 11.2. The third-order valence-electron chi connectivity index (χ3n) is 8.21. The summed E-state index contributed by atoms with van der Waals surface area (Å²) in [4.78, 5) is 37.4. The topological polar surface area (TPSA) is 99.3 Å². The van der Waals surface area contributed by atoms with E-state index < -0.39 is 0 Å². The molecule has 0 aliphatic heterocycles. The molecule has 2 aliphatic rings. The van der Waals surface area contributed by atoms with Crippen molar-refractivity contribution < 1.29 is 9.59 Å². The molecule has 206 valence electrons. The summed E-state index contributed by atoms with van der Waals surface area (Å²) in [5.41, 5.74) is 1.58. The number of carbonyl (C=O) groups is 2. The smallest absolute Gasteiger partial charge is 0.251 e. The minimum atomic E-state index is -0.166. The van der Waals surface area contributed by atoms with Gasteiger partial charge in [-0.3, -0.25) is 9.59 Å². The summed E-state index contributed by atoms with van der Waals surface area (Å²) in [5.74, 6) is 1.87. The number of aromatic nitrogens is 2. The van der Waals surface area contributed by atoms with E-state index in [1.54, 1.807) is 0 Å². The Bertz CT molecular complexity index is 1270. The second-order valence-corrected chi connectivity index (χ2v) is 11.2. The Balaban J connectivity index is 1.11. The highest BCUT2D eigenvalue weighted by atomic mass is 16.2. The summed E-state index contributed by atoms with van der Waals surface area (Å²) in [6.45, 7) is 0.693. The molecule has 2 fully saturated rings. The highest BCUT2D eigenvalue weighted by molar-refractivity contribution is 5.95. The molecule has 0 radical (unpaired) electrons. The number of amides is 2. The second kappa shape index (κ2) is 12.5. The molecule has 8 nitrogen and oxygen atoms in total. The first-order valence-electron chi connectivity index (χ1n) is 14.3. The van der Waals surface area contributed by atoms with Gasteiger partial charge < -0.3 is 20.9 Å². The molecule has 2 saturated carbocycles. The molecule has 2 atom stereocenters. The summed E-state index contributed by atoms with van der Waals surface area (Å²) in [5, 5.41) is 11.0. The van der Waals surface area contributed by atoms with Gasteiger partial charge in [-0.1, -0.05) is 43.2 Å². The minimum Gasteiger partial charge on any atom is -0.362 e. The first-order valence-corrected chi connectivity index (χ1v) is 14.3. The van der Waals surface area contributed by atoms with E-state index in [1.807, 2.05) is 67.5 Å². The Hall–Kier alpha value is -3.68. The number of carbonyl (C=O) groups excluding carboxylic acids is 2. The van der Waals surface area contributed by atoms with Gasteiger partial charge in [-0.25, -0.2) is 4.98 Å². The van der Waals surface area contributed by atoms with E-state index in [2.05, 4.69) is 22.0 Å². The highest BCUT2D eigenvalue weighted by Crippen LogP contribution is 2.29. The van der Waals surface area contributed by atoms with Gasteiger partial charge in [0, 0.05) is 43.7 Å². The molecule has 2 aromatic carbocycles. The van der Waals surface area contributed by atoms with Crippen LogP contribution in [0.3, 0.4) is 0 Å². The standard InChI is InChI=1S/C31H40N6O2/c1-37(2)28-24-12-6-8-14-26(24)35-31(36-28)33-23-18-16-21(17-19-23)20-32-30(39)25-13-7-9-15-27(25)34-29(38)22-10-4-3-5-11-22/h3-6,8,10-12,14,21,23,25,27H,7,9,13,15-20H2,1-2H3,(H,32,39)(H,34,38)(H,33,35,36). The van der Waals surface area contributed by atoms with Crippen LogP contribution in [0.4, 0.5) is 11.8 Å². The molecule has 5 rings (SSSR count). The molecule has 3 aromatic rings. The number of fused-ring (bicyclic) bond motifs is 1. The third-order valence-corrected chi connectivity index (χ3v) is 8.21. The van der Waals surface area contributed by atoms with Gasteiger partial charge in [-0.05, 0) is 68.7 Å². The number of para-hydroxylation sites is 1. The third kappa shape index (κ3) is 6.67. The molecule has 39 heavy (non-hydrogen) atoms. The van der Waals surface area contributed by atoms with Gasteiger partial charge in [-0.15, -0.1) is 0 Å². The molecule has 0 saturated heterocycles. The van der Waals surface area contributed by atoms with Crippen LogP contribution in [-0.2, 0) is 4.79 Å². The Morgan fingerprint density at radius 1 is 0.872 bits per heavy atom. The molecule has 2 aliphatic carbocycles. The van der Waals surface area contributed by atoms with Crippen molar-refractivity contribution in [2.75, 3.05) is 30.9 Å². The van der Waals surface area contributed by atoms with Gasteiger partial charge in [0.1, 0.15) is 5.82 Å². The van der Waals surface area contributed by atoms with Crippen LogP contribution < -0.4 is 20.9 Å². The van der Waals surface area contributed by atoms with Crippen molar-refractivity contribution in [3.05, 3.63) is 60.2 Å². The number of nitrogens with zero attached hydrogens (tertiary/aromatic N) is 3. The largest absolute Gasteiger partial charge is 0.362 e. The Kier molecular flexibility index (Phi) is 8.59. The van der Waals surface area contributed by atoms with Crippen molar-refractivity contribution >= 4 is 34.5 Å². The highest BCUT2D eigenvalue weighted by Gasteiger charge is 2.33. The van der Waals surface area contributed by atoms with Crippen LogP contribution >= 0.6 is 0 Å². The van der Waals surface area contributed by atoms with Crippen LogP contribution in [-0.4, -0.2) is 54.5 Å². The lowest BCUT2D eigenvalue weighted by atomic mass is 9.83. The normalized spacial score (nSPS) is 23.1. The SMILES string of the molecule is CN(C)c1nc(NC2CCC(CNC(=O)C3CCCCC3NC(=O)c3ccccc3)CC2)nc2ccccc12. The maximum Gasteiger partial charge on any atom is 0.251 e. The molecular formula is C31H40N6O2. The van der Waals surface area contributed by atoms with E-state index in [0.29, 0.717) is 30.0 Å². The Labute approximate surface area is 231 Å². The van der Waals surface area contributed by atoms with Crippen LogP contribution in [0, 0.1) is 11.8 Å². The molecule has 1 heterocycles. The molecule has 0 spiro atoms. The van der Waals surface area contributed by atoms with Gasteiger partial charge in [-0.2, -0.15) is 4.98 Å². The molecule has 3 N–H and O–H groups in total. The zero-order valence-electron chi connectivity index (χ0n) is 23.0. The Morgan fingerprint density at radius 3 is 2.36 bits per heavy atom. The van der Waals surface area contributed by atoms with Gasteiger partial charge >= 0.3 is 0 Å². The number of anilines is 2. The quantitative estimate of drug-likeness (QED) is 0.390. The number of hydrogen-bond acceptors (Lipinski definition) is 6. The van der Waals surface area contributed by atoms with Crippen molar-refractivity contribution in [2.24, 2.45) is 11.8 Å². The van der Waals surface area contributed by atoms with Gasteiger partial charge in [0.2, 0.25) is 11.9 Å². The zero-order chi connectivity index (χ0) is 27.2. The summed E-state index contributed by atoms with van der Waals surface area (Å²) in [6, 6.07) is 17.6. The van der Waals surface area contributed by atoms with E-state index in [0.717, 1.165) is 68.1 Å². The fourth-order valence-corrected chi connectivity index (χ4v) is 5.99. The van der Waals surface area contributed by atoms with Crippen LogP contribution in [0.25, 0.3) is 10.9 Å². The first-order chi connectivity index (χ1) is 19.0. The summed E-state index contributed by atoms with van der Waals surface area (Å²) < 4.78 is 0. The van der Waals surface area contributed by atoms with E-state index >= 15 is 0 Å². The van der Waals surface area contributed by atoms with Crippen molar-refractivity contribution in [3.63, 3.8) is 0 Å². The average Bonchev–Trinajstić information content (AvgIpc) is 2.97. The summed E-state index contributed by atoms with van der Waals surface area (Å²) >= 11 is 0. The van der Waals surface area contributed by atoms with Crippen molar-refractivity contribution in [1.29, 1.82) is 0 Å². The van der Waals surface area contributed by atoms with Gasteiger partial charge in [0.25, 0.3) is 5.91 Å². The zero-order valence-corrected chi connectivity index (χ0v) is 23.0. The maximum absolute atomic E-state index is 13.2. The van der Waals surface area contributed by atoms with Crippen molar-refractivity contribution in [1.82, 2.24) is 20.6 Å². The van der Waals surface area contributed by atoms with E-state index in [1.165, 1.54) is 0 Å². The number of hydrogen-bond donors (Lipinski definition) is 3. The number of rotatable bonds is 8. The van der Waals surface area contributed by atoms with E-state index in [4.69, 9.17) is 9.97 Å². The number of nitrogens with one attached hydrogen (secondary N) is 3. The minimum absolute atomic E-state index is 0.0779.